The van der Waals surface area contributed by atoms with E-state index in [1.807, 2.05) is 72.8 Å². The van der Waals surface area contributed by atoms with E-state index in [1.165, 1.54) is 16.7 Å². The maximum absolute atomic E-state index is 4.28. The van der Waals surface area contributed by atoms with Crippen LogP contribution in [0.3, 0.4) is 0 Å². The Morgan fingerprint density at radius 1 is 0.333 bits per heavy atom. The molecule has 2 nitrogen and oxygen atoms in total. The summed E-state index contributed by atoms with van der Waals surface area (Å²) in [5.74, 6) is 0. The van der Waals surface area contributed by atoms with Crippen LogP contribution in [0, 0.1) is 0 Å². The van der Waals surface area contributed by atoms with Gasteiger partial charge < -0.3 is 0 Å². The molecule has 0 aliphatic carbocycles. The highest BCUT2D eigenvalue weighted by Gasteiger charge is 1.93. The topological polar surface area (TPSA) is 24.7 Å². The fourth-order valence-electron chi connectivity index (χ4n) is 2.93. The molecule has 0 aliphatic rings. The van der Waals surface area contributed by atoms with Crippen LogP contribution in [0.1, 0.15) is 22.3 Å². The van der Waals surface area contributed by atoms with Gasteiger partial charge in [-0.05, 0) is 46.5 Å². The van der Waals surface area contributed by atoms with Gasteiger partial charge in [0.25, 0.3) is 0 Å². The zero-order valence-electron chi connectivity index (χ0n) is 16.6. The number of azo groups is 1. The lowest BCUT2D eigenvalue weighted by Gasteiger charge is -1.98. The van der Waals surface area contributed by atoms with Crippen molar-refractivity contribution >= 4 is 35.7 Å². The predicted octanol–water partition coefficient (Wildman–Crippen LogP) is 8.44. The number of hydrogen-bond donors (Lipinski definition) is 0. The second-order valence-corrected chi connectivity index (χ2v) is 6.87. The van der Waals surface area contributed by atoms with Gasteiger partial charge in [-0.25, -0.2) is 0 Å². The lowest BCUT2D eigenvalue weighted by Crippen LogP contribution is -1.76. The maximum atomic E-state index is 4.28. The molecule has 0 bridgehead atoms. The number of rotatable bonds is 6. The molecule has 0 radical (unpaired) electrons. The smallest absolute Gasteiger partial charge is 0.0857 e. The van der Waals surface area contributed by atoms with Gasteiger partial charge in [-0.2, -0.15) is 10.2 Å². The third kappa shape index (κ3) is 5.73. The normalized spacial score (nSPS) is 11.6. The van der Waals surface area contributed by atoms with E-state index in [0.29, 0.717) is 0 Å². The number of nitrogens with zero attached hydrogens (tertiary/aromatic N) is 2. The third-order valence-electron chi connectivity index (χ3n) is 4.60. The molecule has 0 unspecified atom stereocenters. The minimum Gasteiger partial charge on any atom is -0.151 e. The Labute approximate surface area is 177 Å². The van der Waals surface area contributed by atoms with E-state index in [0.717, 1.165) is 16.9 Å². The summed E-state index contributed by atoms with van der Waals surface area (Å²) in [5.41, 5.74) is 6.37. The quantitative estimate of drug-likeness (QED) is 0.235. The molecule has 0 aromatic heterocycles. The molecule has 30 heavy (non-hydrogen) atoms. The summed E-state index contributed by atoms with van der Waals surface area (Å²) in [6.07, 6.45) is 8.48. The lowest BCUT2D eigenvalue weighted by atomic mass is 10.1. The molecular weight excluding hydrogens is 364 g/mol. The van der Waals surface area contributed by atoms with Crippen molar-refractivity contribution in [2.75, 3.05) is 0 Å². The van der Waals surface area contributed by atoms with Crippen LogP contribution in [0.25, 0.3) is 24.3 Å². The number of hydrogen-bond acceptors (Lipinski definition) is 2. The molecular formula is C28H22N2. The van der Waals surface area contributed by atoms with Gasteiger partial charge in [-0.15, -0.1) is 0 Å². The van der Waals surface area contributed by atoms with Crippen LogP contribution >= 0.6 is 0 Å². The van der Waals surface area contributed by atoms with Crippen LogP contribution in [0.2, 0.25) is 0 Å². The SMILES string of the molecule is C(=Cc1ccc(C=Cc2ccc(N=Nc3ccccc3)cc2)cc1)c1ccccc1. The van der Waals surface area contributed by atoms with Crippen molar-refractivity contribution in [1.82, 2.24) is 0 Å². The van der Waals surface area contributed by atoms with Gasteiger partial charge >= 0.3 is 0 Å². The van der Waals surface area contributed by atoms with Crippen LogP contribution in [0.15, 0.2) is 119 Å². The number of benzene rings is 4. The molecule has 0 heterocycles. The van der Waals surface area contributed by atoms with Crippen LogP contribution < -0.4 is 0 Å². The molecule has 0 N–H and O–H groups in total. The first-order valence-corrected chi connectivity index (χ1v) is 9.93. The summed E-state index contributed by atoms with van der Waals surface area (Å²) in [6, 6.07) is 36.6. The van der Waals surface area contributed by atoms with Gasteiger partial charge in [0.05, 0.1) is 11.4 Å². The highest BCUT2D eigenvalue weighted by molar-refractivity contribution is 5.73. The van der Waals surface area contributed by atoms with Crippen molar-refractivity contribution in [1.29, 1.82) is 0 Å². The fourth-order valence-corrected chi connectivity index (χ4v) is 2.93. The van der Waals surface area contributed by atoms with Gasteiger partial charge in [-0.3, -0.25) is 0 Å². The molecule has 0 atom stereocenters. The van der Waals surface area contributed by atoms with E-state index >= 15 is 0 Å². The van der Waals surface area contributed by atoms with Gasteiger partial charge in [-0.1, -0.05) is 109 Å². The van der Waals surface area contributed by atoms with Crippen molar-refractivity contribution in [3.63, 3.8) is 0 Å². The summed E-state index contributed by atoms with van der Waals surface area (Å²) in [6.45, 7) is 0. The Balaban J connectivity index is 1.36. The molecule has 2 heteroatoms. The average molecular weight is 386 g/mol. The van der Waals surface area contributed by atoms with Crippen molar-refractivity contribution in [2.24, 2.45) is 10.2 Å². The van der Waals surface area contributed by atoms with Crippen molar-refractivity contribution < 1.29 is 0 Å². The molecule has 0 aliphatic heterocycles. The first-order chi connectivity index (χ1) is 14.8. The Morgan fingerprint density at radius 2 is 0.667 bits per heavy atom. The molecule has 0 saturated carbocycles. The molecule has 0 saturated heterocycles. The predicted molar refractivity (Wildman–Crippen MR) is 128 cm³/mol. The van der Waals surface area contributed by atoms with Gasteiger partial charge in [0.15, 0.2) is 0 Å². The van der Waals surface area contributed by atoms with Crippen LogP contribution in [0.4, 0.5) is 11.4 Å². The molecule has 0 spiro atoms. The molecule has 144 valence electrons. The van der Waals surface area contributed by atoms with Gasteiger partial charge in [0.1, 0.15) is 0 Å². The van der Waals surface area contributed by atoms with Crippen molar-refractivity contribution in [3.8, 4) is 0 Å². The third-order valence-corrected chi connectivity index (χ3v) is 4.60. The molecule has 4 aromatic rings. The second-order valence-electron chi connectivity index (χ2n) is 6.87. The van der Waals surface area contributed by atoms with Crippen LogP contribution in [0.5, 0.6) is 0 Å². The largest absolute Gasteiger partial charge is 0.151 e. The Morgan fingerprint density at radius 3 is 1.13 bits per heavy atom. The summed E-state index contributed by atoms with van der Waals surface area (Å²) >= 11 is 0. The molecule has 4 aromatic carbocycles. The van der Waals surface area contributed by atoms with Gasteiger partial charge in [0, 0.05) is 0 Å². The minimum absolute atomic E-state index is 0.838. The van der Waals surface area contributed by atoms with Crippen LogP contribution in [-0.2, 0) is 0 Å². The van der Waals surface area contributed by atoms with E-state index in [9.17, 15) is 0 Å². The van der Waals surface area contributed by atoms with E-state index in [1.54, 1.807) is 0 Å². The Bertz CT molecular complexity index is 1040. The Kier molecular flexibility index (Phi) is 6.39. The standard InChI is InChI=1S/C28H22N2/c1-3-7-23(8-4-1)11-12-24-13-15-25(16-14-24)17-18-26-19-21-28(22-20-26)30-29-27-9-5-2-6-10-27/h1-22H. The second kappa shape index (κ2) is 9.94. The zero-order valence-corrected chi connectivity index (χ0v) is 16.6. The lowest BCUT2D eigenvalue weighted by molar-refractivity contribution is 1.23. The van der Waals surface area contributed by atoms with E-state index in [4.69, 9.17) is 0 Å². The highest BCUT2D eigenvalue weighted by Crippen LogP contribution is 2.19. The molecule has 0 fully saturated rings. The molecule has 4 rings (SSSR count). The van der Waals surface area contributed by atoms with E-state index in [-0.39, 0.29) is 0 Å². The summed E-state index contributed by atoms with van der Waals surface area (Å²) < 4.78 is 0. The fraction of sp³-hybridized carbons (Fsp3) is 0. The highest BCUT2D eigenvalue weighted by atomic mass is 15.1. The van der Waals surface area contributed by atoms with Crippen molar-refractivity contribution in [3.05, 3.63) is 131 Å². The molecule has 0 amide bonds. The monoisotopic (exact) mass is 386 g/mol. The first-order valence-electron chi connectivity index (χ1n) is 9.93. The van der Waals surface area contributed by atoms with Crippen molar-refractivity contribution in [2.45, 2.75) is 0 Å². The van der Waals surface area contributed by atoms with E-state index < -0.39 is 0 Å². The first kappa shape index (κ1) is 19.3. The van der Waals surface area contributed by atoms with E-state index in [2.05, 4.69) is 70.9 Å². The maximum Gasteiger partial charge on any atom is 0.0857 e. The summed E-state index contributed by atoms with van der Waals surface area (Å²) in [5, 5.41) is 8.52. The zero-order chi connectivity index (χ0) is 20.4. The minimum atomic E-state index is 0.838. The van der Waals surface area contributed by atoms with Crippen LogP contribution in [-0.4, -0.2) is 0 Å². The summed E-state index contributed by atoms with van der Waals surface area (Å²) in [4.78, 5) is 0. The average Bonchev–Trinajstić information content (AvgIpc) is 2.83. The Hall–Kier alpha value is -4.04. The summed E-state index contributed by atoms with van der Waals surface area (Å²) in [7, 11) is 0. The van der Waals surface area contributed by atoms with Gasteiger partial charge in [0.2, 0.25) is 0 Å².